The summed E-state index contributed by atoms with van der Waals surface area (Å²) in [4.78, 5) is 23.6. The van der Waals surface area contributed by atoms with Crippen LogP contribution in [0.2, 0.25) is 0 Å². The first-order valence-electron chi connectivity index (χ1n) is 7.50. The Hall–Kier alpha value is -2.91. The van der Waals surface area contributed by atoms with Crippen molar-refractivity contribution in [1.82, 2.24) is 0 Å². The quantitative estimate of drug-likeness (QED) is 0.694. The predicted molar refractivity (Wildman–Crippen MR) is 94.1 cm³/mol. The normalized spacial score (nSPS) is 10.8. The number of nitrogens with one attached hydrogen (secondary N) is 1. The van der Waals surface area contributed by atoms with Crippen molar-refractivity contribution in [3.05, 3.63) is 54.1 Å². The number of hydrogen-bond donors (Lipinski definition) is 2. The Bertz CT molecular complexity index is 894. The number of primary sulfonamides is 1. The first-order valence-corrected chi connectivity index (χ1v) is 9.04. The fourth-order valence-corrected chi connectivity index (χ4v) is 2.64. The highest BCUT2D eigenvalue weighted by Gasteiger charge is 2.12. The molecule has 2 aromatic rings. The number of carbonyl (C=O) groups excluding carboxylic acids is 2. The Balaban J connectivity index is 1.85. The van der Waals surface area contributed by atoms with Crippen molar-refractivity contribution in [3.63, 3.8) is 0 Å². The van der Waals surface area contributed by atoms with Gasteiger partial charge in [0.05, 0.1) is 18.4 Å². The number of benzene rings is 2. The number of para-hydroxylation sites is 1. The topological polar surface area (TPSA) is 125 Å². The zero-order valence-corrected chi connectivity index (χ0v) is 14.8. The van der Waals surface area contributed by atoms with E-state index in [1.807, 2.05) is 0 Å². The van der Waals surface area contributed by atoms with Crippen LogP contribution in [0.25, 0.3) is 0 Å². The molecule has 138 valence electrons. The molecule has 26 heavy (non-hydrogen) atoms. The third kappa shape index (κ3) is 5.57. The van der Waals surface area contributed by atoms with Crippen LogP contribution >= 0.6 is 0 Å². The standard InChI is InChI=1S/C17H18N2O6S/c1-24-15-5-3-2-4-12(15)10-17(21)25-11-16(20)19-13-6-8-14(9-7-13)26(18,22)23/h2-9H,10-11H2,1H3,(H,19,20)(H2,18,22,23). The SMILES string of the molecule is COc1ccccc1CC(=O)OCC(=O)Nc1ccc(S(N)(=O)=O)cc1. The van der Waals surface area contributed by atoms with Crippen molar-refractivity contribution in [3.8, 4) is 5.75 Å². The Morgan fingerprint density at radius 2 is 1.73 bits per heavy atom. The summed E-state index contributed by atoms with van der Waals surface area (Å²) in [6, 6.07) is 12.3. The lowest BCUT2D eigenvalue weighted by Crippen LogP contribution is -2.21. The molecule has 2 aromatic carbocycles. The Morgan fingerprint density at radius 3 is 2.35 bits per heavy atom. The van der Waals surface area contributed by atoms with Gasteiger partial charge in [-0.15, -0.1) is 0 Å². The van der Waals surface area contributed by atoms with E-state index in [1.54, 1.807) is 24.3 Å². The van der Waals surface area contributed by atoms with E-state index in [0.717, 1.165) is 0 Å². The number of ether oxygens (including phenoxy) is 2. The average molecular weight is 378 g/mol. The summed E-state index contributed by atoms with van der Waals surface area (Å²) in [7, 11) is -2.30. The molecule has 0 fully saturated rings. The van der Waals surface area contributed by atoms with Crippen LogP contribution in [0.5, 0.6) is 5.75 Å². The van der Waals surface area contributed by atoms with Crippen molar-refractivity contribution in [2.45, 2.75) is 11.3 Å². The molecule has 3 N–H and O–H groups in total. The zero-order valence-electron chi connectivity index (χ0n) is 14.0. The van der Waals surface area contributed by atoms with E-state index >= 15 is 0 Å². The van der Waals surface area contributed by atoms with Crippen LogP contribution in [0, 0.1) is 0 Å². The summed E-state index contributed by atoms with van der Waals surface area (Å²) in [5.41, 5.74) is 1.00. The fourth-order valence-electron chi connectivity index (χ4n) is 2.13. The number of rotatable bonds is 7. The molecule has 8 nitrogen and oxygen atoms in total. The maximum Gasteiger partial charge on any atom is 0.310 e. The molecule has 0 aromatic heterocycles. The zero-order chi connectivity index (χ0) is 19.2. The van der Waals surface area contributed by atoms with Gasteiger partial charge in [-0.05, 0) is 30.3 Å². The fraction of sp³-hybridized carbons (Fsp3) is 0.176. The summed E-state index contributed by atoms with van der Waals surface area (Å²) >= 11 is 0. The monoisotopic (exact) mass is 378 g/mol. The minimum atomic E-state index is -3.80. The smallest absolute Gasteiger partial charge is 0.310 e. The van der Waals surface area contributed by atoms with Gasteiger partial charge in [0.1, 0.15) is 5.75 Å². The molecular formula is C17H18N2O6S. The molecule has 0 aliphatic carbocycles. The molecule has 0 saturated carbocycles. The van der Waals surface area contributed by atoms with Gasteiger partial charge in [0.15, 0.2) is 6.61 Å². The maximum absolute atomic E-state index is 11.9. The van der Waals surface area contributed by atoms with Crippen molar-refractivity contribution in [2.75, 3.05) is 19.0 Å². The number of anilines is 1. The third-order valence-corrected chi connectivity index (χ3v) is 4.29. The molecular weight excluding hydrogens is 360 g/mol. The van der Waals surface area contributed by atoms with Crippen LogP contribution in [-0.2, 0) is 30.8 Å². The minimum Gasteiger partial charge on any atom is -0.496 e. The number of esters is 1. The van der Waals surface area contributed by atoms with Crippen molar-refractivity contribution < 1.29 is 27.5 Å². The number of nitrogens with two attached hydrogens (primary N) is 1. The molecule has 0 saturated heterocycles. The molecule has 0 aliphatic heterocycles. The average Bonchev–Trinajstić information content (AvgIpc) is 2.60. The van der Waals surface area contributed by atoms with E-state index < -0.39 is 28.5 Å². The number of hydrogen-bond acceptors (Lipinski definition) is 6. The van der Waals surface area contributed by atoms with Gasteiger partial charge >= 0.3 is 5.97 Å². The second kappa shape index (κ2) is 8.45. The Morgan fingerprint density at radius 1 is 1.08 bits per heavy atom. The lowest BCUT2D eigenvalue weighted by Gasteiger charge is -2.09. The first-order chi connectivity index (χ1) is 12.3. The summed E-state index contributed by atoms with van der Waals surface area (Å²) in [6.45, 7) is -0.467. The summed E-state index contributed by atoms with van der Waals surface area (Å²) in [6.07, 6.45) is -0.0274. The second-order valence-electron chi connectivity index (χ2n) is 5.27. The largest absolute Gasteiger partial charge is 0.496 e. The van der Waals surface area contributed by atoms with Crippen LogP contribution in [0.15, 0.2) is 53.4 Å². The molecule has 1 amide bonds. The van der Waals surface area contributed by atoms with E-state index in [2.05, 4.69) is 5.32 Å². The first kappa shape index (κ1) is 19.4. The third-order valence-electron chi connectivity index (χ3n) is 3.36. The molecule has 2 rings (SSSR count). The molecule has 9 heteroatoms. The minimum absolute atomic E-state index is 0.0274. The van der Waals surface area contributed by atoms with E-state index in [0.29, 0.717) is 17.0 Å². The van der Waals surface area contributed by atoms with Gasteiger partial charge in [-0.2, -0.15) is 0 Å². The highest BCUT2D eigenvalue weighted by atomic mass is 32.2. The van der Waals surface area contributed by atoms with E-state index in [4.69, 9.17) is 14.6 Å². The van der Waals surface area contributed by atoms with Crippen molar-refractivity contribution in [2.24, 2.45) is 5.14 Å². The number of carbonyl (C=O) groups is 2. The Labute approximate surface area is 151 Å². The van der Waals surface area contributed by atoms with Gasteiger partial charge < -0.3 is 14.8 Å². The summed E-state index contributed by atoms with van der Waals surface area (Å²) < 4.78 is 32.4. The Kier molecular flexibility index (Phi) is 6.31. The molecule has 0 atom stereocenters. The van der Waals surface area contributed by atoms with Crippen LogP contribution in [0.4, 0.5) is 5.69 Å². The molecule has 0 heterocycles. The van der Waals surface area contributed by atoms with Crippen molar-refractivity contribution >= 4 is 27.6 Å². The molecule has 0 bridgehead atoms. The highest BCUT2D eigenvalue weighted by molar-refractivity contribution is 7.89. The van der Waals surface area contributed by atoms with Crippen LogP contribution < -0.4 is 15.2 Å². The van der Waals surface area contributed by atoms with Crippen LogP contribution in [-0.4, -0.2) is 34.0 Å². The molecule has 0 aliphatic rings. The number of amides is 1. The van der Waals surface area contributed by atoms with E-state index in [-0.39, 0.29) is 11.3 Å². The lowest BCUT2D eigenvalue weighted by molar-refractivity contribution is -0.146. The number of sulfonamides is 1. The molecule has 0 spiro atoms. The molecule has 0 unspecified atom stereocenters. The highest BCUT2D eigenvalue weighted by Crippen LogP contribution is 2.18. The van der Waals surface area contributed by atoms with E-state index in [1.165, 1.54) is 31.4 Å². The van der Waals surface area contributed by atoms with Crippen molar-refractivity contribution in [1.29, 1.82) is 0 Å². The van der Waals surface area contributed by atoms with E-state index in [9.17, 15) is 18.0 Å². The lowest BCUT2D eigenvalue weighted by atomic mass is 10.1. The van der Waals surface area contributed by atoms with Gasteiger partial charge in [0.25, 0.3) is 5.91 Å². The van der Waals surface area contributed by atoms with Gasteiger partial charge in [-0.25, -0.2) is 13.6 Å². The summed E-state index contributed by atoms with van der Waals surface area (Å²) in [5, 5.41) is 7.48. The maximum atomic E-state index is 11.9. The summed E-state index contributed by atoms with van der Waals surface area (Å²) in [5.74, 6) is -0.570. The van der Waals surface area contributed by atoms with Gasteiger partial charge in [-0.1, -0.05) is 18.2 Å². The number of methoxy groups -OCH3 is 1. The molecule has 0 radical (unpaired) electrons. The van der Waals surface area contributed by atoms with Gasteiger partial charge in [0, 0.05) is 11.3 Å². The predicted octanol–water partition coefficient (Wildman–Crippen LogP) is 1.07. The van der Waals surface area contributed by atoms with Gasteiger partial charge in [0.2, 0.25) is 10.0 Å². The second-order valence-corrected chi connectivity index (χ2v) is 6.83. The van der Waals surface area contributed by atoms with Crippen LogP contribution in [0.1, 0.15) is 5.56 Å². The van der Waals surface area contributed by atoms with Gasteiger partial charge in [-0.3, -0.25) is 9.59 Å². The van der Waals surface area contributed by atoms with Crippen LogP contribution in [0.3, 0.4) is 0 Å².